The van der Waals surface area contributed by atoms with Crippen LogP contribution in [0.25, 0.3) is 27.0 Å². The highest BCUT2D eigenvalue weighted by atomic mass is 32.1. The van der Waals surface area contributed by atoms with Gasteiger partial charge in [-0.25, -0.2) is 0 Å². The van der Waals surface area contributed by atoms with Crippen molar-refractivity contribution in [2.24, 2.45) is 0 Å². The molecule has 0 saturated carbocycles. The summed E-state index contributed by atoms with van der Waals surface area (Å²) in [6, 6.07) is 47.4. The van der Waals surface area contributed by atoms with E-state index in [1.807, 2.05) is 22.7 Å². The van der Waals surface area contributed by atoms with Crippen LogP contribution >= 0.6 is 22.7 Å². The second kappa shape index (κ2) is 11.4. The lowest BCUT2D eigenvalue weighted by Gasteiger charge is -2.35. The summed E-state index contributed by atoms with van der Waals surface area (Å²) in [7, 11) is 0. The van der Waals surface area contributed by atoms with Crippen molar-refractivity contribution in [1.82, 2.24) is 0 Å². The Morgan fingerprint density at radius 2 is 0.780 bits per heavy atom. The van der Waals surface area contributed by atoms with Gasteiger partial charge in [0.1, 0.15) is 0 Å². The van der Waals surface area contributed by atoms with E-state index in [0.717, 1.165) is 0 Å². The second-order valence-electron chi connectivity index (χ2n) is 14.4. The number of fused-ring (bicyclic) bond motifs is 6. The molecule has 0 bridgehead atoms. The third kappa shape index (κ3) is 4.28. The van der Waals surface area contributed by atoms with Crippen LogP contribution < -0.4 is 0 Å². The first-order chi connectivity index (χ1) is 24.2. The summed E-state index contributed by atoms with van der Waals surface area (Å²) in [5.41, 5.74) is 17.8. The minimum atomic E-state index is -0.442. The molecule has 0 aliphatic heterocycles. The Balaban J connectivity index is 1.45. The van der Waals surface area contributed by atoms with Crippen molar-refractivity contribution < 1.29 is 0 Å². The van der Waals surface area contributed by atoms with E-state index >= 15 is 0 Å². The van der Waals surface area contributed by atoms with E-state index in [1.54, 1.807) is 0 Å². The molecule has 0 nitrogen and oxygen atoms in total. The summed E-state index contributed by atoms with van der Waals surface area (Å²) in [4.78, 5) is 5.42. The molecule has 0 unspecified atom stereocenters. The Labute approximate surface area is 304 Å². The quantitative estimate of drug-likeness (QED) is 0.170. The van der Waals surface area contributed by atoms with Crippen LogP contribution in [0.3, 0.4) is 0 Å². The fourth-order valence-electron chi connectivity index (χ4n) is 8.81. The molecule has 244 valence electrons. The van der Waals surface area contributed by atoms with E-state index < -0.39 is 10.8 Å². The van der Waals surface area contributed by atoms with Crippen LogP contribution in [-0.2, 0) is 10.8 Å². The molecule has 0 N–H and O–H groups in total. The van der Waals surface area contributed by atoms with Crippen LogP contribution in [-0.4, -0.2) is 0 Å². The molecular formula is C48H40S2. The third-order valence-corrected chi connectivity index (χ3v) is 13.4. The molecule has 2 aliphatic rings. The summed E-state index contributed by atoms with van der Waals surface area (Å²) in [6.45, 7) is 13.1. The van der Waals surface area contributed by atoms with Crippen LogP contribution in [0.4, 0.5) is 0 Å². The predicted molar refractivity (Wildman–Crippen MR) is 215 cm³/mol. The lowest BCUT2D eigenvalue weighted by Crippen LogP contribution is -2.30. The van der Waals surface area contributed by atoms with Gasteiger partial charge >= 0.3 is 0 Å². The normalized spacial score (nSPS) is 14.8. The number of hydrogen-bond acceptors (Lipinski definition) is 2. The van der Waals surface area contributed by atoms with Crippen molar-refractivity contribution in [3.63, 3.8) is 0 Å². The van der Waals surface area contributed by atoms with E-state index in [2.05, 4.69) is 175 Å². The van der Waals surface area contributed by atoms with E-state index in [9.17, 15) is 0 Å². The van der Waals surface area contributed by atoms with Crippen molar-refractivity contribution in [2.75, 3.05) is 0 Å². The number of allylic oxidation sites excluding steroid dienone is 1. The molecule has 0 spiro atoms. The van der Waals surface area contributed by atoms with Gasteiger partial charge in [-0.3, -0.25) is 0 Å². The molecule has 2 aromatic heterocycles. The van der Waals surface area contributed by atoms with Gasteiger partial charge in [0.15, 0.2) is 0 Å². The predicted octanol–water partition coefficient (Wildman–Crippen LogP) is 13.1. The molecular weight excluding hydrogens is 641 g/mol. The van der Waals surface area contributed by atoms with Gasteiger partial charge in [-0.15, -0.1) is 22.7 Å². The zero-order valence-corrected chi connectivity index (χ0v) is 31.2. The fraction of sp³-hybridized carbons (Fsp3) is 0.167. The Morgan fingerprint density at radius 1 is 0.420 bits per heavy atom. The van der Waals surface area contributed by atoms with E-state index in [0.29, 0.717) is 0 Å². The Bertz CT molecular complexity index is 2350. The van der Waals surface area contributed by atoms with Crippen molar-refractivity contribution in [3.8, 4) is 20.9 Å². The zero-order chi connectivity index (χ0) is 34.4. The first kappa shape index (κ1) is 31.2. The molecule has 2 aliphatic carbocycles. The third-order valence-electron chi connectivity index (χ3n) is 11.1. The Morgan fingerprint density at radius 3 is 1.16 bits per heavy atom. The van der Waals surface area contributed by atoms with Gasteiger partial charge in [0.2, 0.25) is 0 Å². The molecule has 50 heavy (non-hydrogen) atoms. The highest BCUT2D eigenvalue weighted by Gasteiger charge is 2.52. The SMILES string of the molecule is C/C=C/c1cc2c(s1)-c1cc3c(cc1C2(c1ccc(C)cc1)c1ccc(C)cc1)-c1sc(C)cc1C3(c1ccc(C)cc1)c1ccc(C)cc1. The summed E-state index contributed by atoms with van der Waals surface area (Å²) in [5, 5.41) is 0. The molecule has 5 aromatic carbocycles. The van der Waals surface area contributed by atoms with Crippen LogP contribution in [0.2, 0.25) is 0 Å². The average Bonchev–Trinajstić information content (AvgIpc) is 3.84. The Kier molecular flexibility index (Phi) is 7.11. The van der Waals surface area contributed by atoms with E-state index in [1.165, 1.54) is 97.4 Å². The zero-order valence-electron chi connectivity index (χ0n) is 29.5. The van der Waals surface area contributed by atoms with Gasteiger partial charge in [0.05, 0.1) is 10.8 Å². The van der Waals surface area contributed by atoms with Gasteiger partial charge in [-0.1, -0.05) is 125 Å². The van der Waals surface area contributed by atoms with Crippen LogP contribution in [0.5, 0.6) is 0 Å². The number of aryl methyl sites for hydroxylation is 5. The van der Waals surface area contributed by atoms with Gasteiger partial charge in [0.25, 0.3) is 0 Å². The minimum Gasteiger partial charge on any atom is -0.140 e. The number of thiophene rings is 2. The molecule has 0 fully saturated rings. The molecule has 9 rings (SSSR count). The summed E-state index contributed by atoms with van der Waals surface area (Å²) in [5.74, 6) is 0. The van der Waals surface area contributed by atoms with Gasteiger partial charge in [-0.05, 0) is 128 Å². The summed E-state index contributed by atoms with van der Waals surface area (Å²) < 4.78 is 0. The Hall–Kier alpha value is -4.76. The van der Waals surface area contributed by atoms with Crippen molar-refractivity contribution in [1.29, 1.82) is 0 Å². The van der Waals surface area contributed by atoms with Gasteiger partial charge in [-0.2, -0.15) is 0 Å². The molecule has 0 radical (unpaired) electrons. The average molecular weight is 681 g/mol. The van der Waals surface area contributed by atoms with Gasteiger partial charge in [0, 0.05) is 19.5 Å². The maximum Gasteiger partial charge on any atom is 0.0722 e. The molecule has 2 heteroatoms. The lowest BCUT2D eigenvalue weighted by atomic mass is 9.65. The van der Waals surface area contributed by atoms with Crippen molar-refractivity contribution in [2.45, 2.75) is 52.4 Å². The van der Waals surface area contributed by atoms with Crippen LogP contribution in [0.1, 0.15) is 83.4 Å². The molecule has 0 amide bonds. The monoisotopic (exact) mass is 680 g/mol. The standard InChI is InChI=1S/C48H40S2/c1-7-8-38-26-44-46(50-38)40-28-41-39(27-42(40)48(44,36-21-13-31(4)14-22-36)37-23-15-32(5)16-24-37)45-43(25-33(6)49-45)47(41,34-17-9-29(2)10-18-34)35-19-11-30(3)12-20-35/h7-28H,1-6H3/b8-7+. The van der Waals surface area contributed by atoms with Gasteiger partial charge < -0.3 is 0 Å². The fourth-order valence-corrected chi connectivity index (χ4v) is 11.1. The number of hydrogen-bond donors (Lipinski definition) is 0. The smallest absolute Gasteiger partial charge is 0.0722 e. The highest BCUT2D eigenvalue weighted by molar-refractivity contribution is 7.17. The number of benzene rings is 5. The second-order valence-corrected chi connectivity index (χ2v) is 16.7. The topological polar surface area (TPSA) is 0 Å². The summed E-state index contributed by atoms with van der Waals surface area (Å²) in [6.07, 6.45) is 4.44. The number of rotatable bonds is 5. The van der Waals surface area contributed by atoms with Crippen LogP contribution in [0.15, 0.2) is 127 Å². The lowest BCUT2D eigenvalue weighted by molar-refractivity contribution is 0.759. The first-order valence-corrected chi connectivity index (χ1v) is 19.2. The van der Waals surface area contributed by atoms with Crippen molar-refractivity contribution >= 4 is 28.7 Å². The summed E-state index contributed by atoms with van der Waals surface area (Å²) >= 11 is 3.88. The van der Waals surface area contributed by atoms with E-state index in [4.69, 9.17) is 0 Å². The largest absolute Gasteiger partial charge is 0.140 e. The van der Waals surface area contributed by atoms with Crippen LogP contribution in [0, 0.1) is 34.6 Å². The molecule has 7 aromatic rings. The highest BCUT2D eigenvalue weighted by Crippen LogP contribution is 2.65. The molecule has 0 atom stereocenters. The maximum absolute atomic E-state index is 2.60. The molecule has 2 heterocycles. The van der Waals surface area contributed by atoms with Crippen molar-refractivity contribution in [3.05, 3.63) is 204 Å². The minimum absolute atomic E-state index is 0.422. The molecule has 0 saturated heterocycles. The van der Waals surface area contributed by atoms with E-state index in [-0.39, 0.29) is 0 Å². The maximum atomic E-state index is 2.60. The first-order valence-electron chi connectivity index (χ1n) is 17.6.